The lowest BCUT2D eigenvalue weighted by atomic mass is 10.1. The van der Waals surface area contributed by atoms with Crippen LogP contribution in [0.25, 0.3) is 0 Å². The van der Waals surface area contributed by atoms with Gasteiger partial charge in [0.05, 0.1) is 0 Å². The number of hydrogen-bond acceptors (Lipinski definition) is 2. The molecule has 2 rings (SSSR count). The molecule has 5 heteroatoms. The number of carbonyl (C=O) groups is 2. The van der Waals surface area contributed by atoms with Gasteiger partial charge in [0.1, 0.15) is 5.82 Å². The smallest absolute Gasteiger partial charge is 0.251 e. The van der Waals surface area contributed by atoms with Gasteiger partial charge in [0.2, 0.25) is 0 Å². The van der Waals surface area contributed by atoms with Gasteiger partial charge in [-0.05, 0) is 30.7 Å². The minimum atomic E-state index is -0.361. The summed E-state index contributed by atoms with van der Waals surface area (Å²) in [5.41, 5.74) is 1.21. The monoisotopic (exact) mass is 314 g/mol. The summed E-state index contributed by atoms with van der Waals surface area (Å²) in [5, 5.41) is 5.41. The first-order valence-corrected chi connectivity index (χ1v) is 7.51. The van der Waals surface area contributed by atoms with E-state index in [4.69, 9.17) is 0 Å². The third kappa shape index (κ3) is 4.64. The number of halogens is 1. The Morgan fingerprint density at radius 3 is 2.26 bits per heavy atom. The van der Waals surface area contributed by atoms with Crippen LogP contribution in [0.1, 0.15) is 39.6 Å². The molecule has 2 aromatic carbocycles. The highest BCUT2D eigenvalue weighted by molar-refractivity contribution is 5.99. The van der Waals surface area contributed by atoms with Crippen LogP contribution in [0.3, 0.4) is 0 Å². The Kier molecular flexibility index (Phi) is 5.86. The Balaban J connectivity index is 2.02. The van der Waals surface area contributed by atoms with Crippen LogP contribution in [0.5, 0.6) is 0 Å². The van der Waals surface area contributed by atoms with Crippen molar-refractivity contribution in [1.82, 2.24) is 10.6 Å². The lowest BCUT2D eigenvalue weighted by Gasteiger charge is -2.08. The Hall–Kier alpha value is -2.69. The minimum absolute atomic E-state index is 0.0950. The molecule has 0 saturated heterocycles. The summed E-state index contributed by atoms with van der Waals surface area (Å²) in [6, 6.07) is 12.7. The normalized spacial score (nSPS) is 10.2. The van der Waals surface area contributed by atoms with E-state index in [9.17, 15) is 14.0 Å². The predicted molar refractivity (Wildman–Crippen MR) is 86.6 cm³/mol. The van der Waals surface area contributed by atoms with Gasteiger partial charge in [0, 0.05) is 29.8 Å². The van der Waals surface area contributed by atoms with Crippen molar-refractivity contribution in [3.05, 3.63) is 71.0 Å². The second-order valence-corrected chi connectivity index (χ2v) is 5.11. The highest BCUT2D eigenvalue weighted by atomic mass is 19.1. The molecular formula is C18H19FN2O2. The van der Waals surface area contributed by atoms with E-state index in [0.29, 0.717) is 23.2 Å². The maximum atomic E-state index is 13.5. The quantitative estimate of drug-likeness (QED) is 0.861. The molecule has 0 radical (unpaired) electrons. The number of benzene rings is 2. The van der Waals surface area contributed by atoms with Gasteiger partial charge in [0.25, 0.3) is 11.8 Å². The Morgan fingerprint density at radius 1 is 0.957 bits per heavy atom. The third-order valence-corrected chi connectivity index (χ3v) is 3.32. The molecule has 0 heterocycles. The van der Waals surface area contributed by atoms with Crippen LogP contribution in [0.15, 0.2) is 48.5 Å². The van der Waals surface area contributed by atoms with Gasteiger partial charge in [-0.1, -0.05) is 31.2 Å². The Bertz CT molecular complexity index is 701. The summed E-state index contributed by atoms with van der Waals surface area (Å²) in [7, 11) is 0. The van der Waals surface area contributed by atoms with Crippen molar-refractivity contribution in [2.45, 2.75) is 19.9 Å². The summed E-state index contributed by atoms with van der Waals surface area (Å²) in [6.07, 6.45) is 0.842. The lowest BCUT2D eigenvalue weighted by molar-refractivity contribution is 0.0950. The van der Waals surface area contributed by atoms with Gasteiger partial charge in [0.15, 0.2) is 0 Å². The number of hydrogen-bond donors (Lipinski definition) is 2. The van der Waals surface area contributed by atoms with Gasteiger partial charge in [-0.3, -0.25) is 9.59 Å². The van der Waals surface area contributed by atoms with Gasteiger partial charge in [-0.15, -0.1) is 0 Å². The first-order chi connectivity index (χ1) is 11.1. The van der Waals surface area contributed by atoms with Crippen molar-refractivity contribution in [2.24, 2.45) is 0 Å². The first-order valence-electron chi connectivity index (χ1n) is 7.51. The molecule has 2 N–H and O–H groups in total. The van der Waals surface area contributed by atoms with E-state index < -0.39 is 0 Å². The first kappa shape index (κ1) is 16.7. The van der Waals surface area contributed by atoms with E-state index in [0.717, 1.165) is 6.42 Å². The maximum Gasteiger partial charge on any atom is 0.251 e. The third-order valence-electron chi connectivity index (χ3n) is 3.32. The van der Waals surface area contributed by atoms with Crippen LogP contribution in [-0.4, -0.2) is 18.4 Å². The molecule has 0 aliphatic heterocycles. The summed E-state index contributed by atoms with van der Waals surface area (Å²) >= 11 is 0. The molecule has 4 nitrogen and oxygen atoms in total. The zero-order chi connectivity index (χ0) is 16.7. The van der Waals surface area contributed by atoms with Gasteiger partial charge < -0.3 is 10.6 Å². The number of rotatable bonds is 6. The minimum Gasteiger partial charge on any atom is -0.352 e. The molecule has 0 saturated carbocycles. The van der Waals surface area contributed by atoms with Crippen LogP contribution in [-0.2, 0) is 6.54 Å². The average molecular weight is 314 g/mol. The van der Waals surface area contributed by atoms with Crippen LogP contribution < -0.4 is 10.6 Å². The molecule has 2 aromatic rings. The van der Waals surface area contributed by atoms with Crippen molar-refractivity contribution in [1.29, 1.82) is 0 Å². The maximum absolute atomic E-state index is 13.5. The fraction of sp³-hybridized carbons (Fsp3) is 0.222. The number of carbonyl (C=O) groups excluding carboxylic acids is 2. The largest absolute Gasteiger partial charge is 0.352 e. The summed E-state index contributed by atoms with van der Waals surface area (Å²) in [6.45, 7) is 2.65. The molecule has 0 aliphatic carbocycles. The van der Waals surface area contributed by atoms with E-state index in [1.54, 1.807) is 36.4 Å². The molecule has 120 valence electrons. The lowest BCUT2D eigenvalue weighted by Crippen LogP contribution is -2.26. The number of nitrogens with one attached hydrogen (secondary N) is 2. The van der Waals surface area contributed by atoms with Gasteiger partial charge in [-0.2, -0.15) is 0 Å². The molecule has 0 atom stereocenters. The second-order valence-electron chi connectivity index (χ2n) is 5.11. The SMILES string of the molecule is CCCNC(=O)c1cccc(C(=O)NCc2ccccc2F)c1. The summed E-state index contributed by atoms with van der Waals surface area (Å²) < 4.78 is 13.5. The number of amides is 2. The van der Waals surface area contributed by atoms with Crippen molar-refractivity contribution >= 4 is 11.8 Å². The van der Waals surface area contributed by atoms with Crippen molar-refractivity contribution in [2.75, 3.05) is 6.54 Å². The van der Waals surface area contributed by atoms with E-state index in [-0.39, 0.29) is 24.2 Å². The van der Waals surface area contributed by atoms with Crippen LogP contribution in [0.2, 0.25) is 0 Å². The molecule has 0 spiro atoms. The van der Waals surface area contributed by atoms with Crippen LogP contribution >= 0.6 is 0 Å². The molecular weight excluding hydrogens is 295 g/mol. The van der Waals surface area contributed by atoms with Crippen molar-refractivity contribution in [3.8, 4) is 0 Å². The van der Waals surface area contributed by atoms with Crippen molar-refractivity contribution < 1.29 is 14.0 Å². The van der Waals surface area contributed by atoms with E-state index in [1.807, 2.05) is 6.92 Å². The predicted octanol–water partition coefficient (Wildman–Crippen LogP) is 2.90. The fourth-order valence-corrected chi connectivity index (χ4v) is 2.06. The molecule has 2 amide bonds. The zero-order valence-corrected chi connectivity index (χ0v) is 12.9. The summed E-state index contributed by atoms with van der Waals surface area (Å²) in [4.78, 5) is 24.1. The van der Waals surface area contributed by atoms with E-state index in [2.05, 4.69) is 10.6 Å². The van der Waals surface area contributed by atoms with Gasteiger partial charge in [-0.25, -0.2) is 4.39 Å². The second kappa shape index (κ2) is 8.08. The van der Waals surface area contributed by atoms with Crippen LogP contribution in [0.4, 0.5) is 4.39 Å². The Morgan fingerprint density at radius 2 is 1.61 bits per heavy atom. The zero-order valence-electron chi connectivity index (χ0n) is 12.9. The molecule has 0 unspecified atom stereocenters. The topological polar surface area (TPSA) is 58.2 Å². The molecule has 0 fully saturated rings. The summed E-state index contributed by atoms with van der Waals surface area (Å²) in [5.74, 6) is -0.922. The average Bonchev–Trinajstić information content (AvgIpc) is 2.58. The molecule has 23 heavy (non-hydrogen) atoms. The van der Waals surface area contributed by atoms with Gasteiger partial charge >= 0.3 is 0 Å². The van der Waals surface area contributed by atoms with Crippen LogP contribution in [0, 0.1) is 5.82 Å². The van der Waals surface area contributed by atoms with E-state index >= 15 is 0 Å². The van der Waals surface area contributed by atoms with Crippen molar-refractivity contribution in [3.63, 3.8) is 0 Å². The molecule has 0 aromatic heterocycles. The van der Waals surface area contributed by atoms with E-state index in [1.165, 1.54) is 12.1 Å². The highest BCUT2D eigenvalue weighted by Gasteiger charge is 2.10. The standard InChI is InChI=1S/C18H19FN2O2/c1-2-10-20-17(22)13-7-5-8-14(11-13)18(23)21-12-15-6-3-4-9-16(15)19/h3-9,11H,2,10,12H2,1H3,(H,20,22)(H,21,23). The fourth-order valence-electron chi connectivity index (χ4n) is 2.06. The molecule has 0 bridgehead atoms. The Labute approximate surface area is 134 Å². The highest BCUT2D eigenvalue weighted by Crippen LogP contribution is 2.08. The molecule has 0 aliphatic rings.